The summed E-state index contributed by atoms with van der Waals surface area (Å²) >= 11 is 0. The van der Waals surface area contributed by atoms with Gasteiger partial charge in [-0.3, -0.25) is 9.89 Å². The van der Waals surface area contributed by atoms with Crippen LogP contribution < -0.4 is 5.32 Å². The van der Waals surface area contributed by atoms with Crippen LogP contribution in [0.25, 0.3) is 0 Å². The number of piperidine rings is 1. The summed E-state index contributed by atoms with van der Waals surface area (Å²) in [4.78, 5) is 12.7. The van der Waals surface area contributed by atoms with E-state index in [-0.39, 0.29) is 24.0 Å². The zero-order valence-electron chi connectivity index (χ0n) is 18.1. The van der Waals surface area contributed by atoms with E-state index in [2.05, 4.69) is 33.9 Å². The van der Waals surface area contributed by atoms with E-state index in [1.54, 1.807) is 0 Å². The van der Waals surface area contributed by atoms with Gasteiger partial charge >= 0.3 is 0 Å². The Morgan fingerprint density at radius 1 is 1.07 bits per heavy atom. The Bertz CT molecular complexity index is 458. The average Bonchev–Trinajstić information content (AvgIpc) is 3.19. The van der Waals surface area contributed by atoms with Crippen LogP contribution >= 0.6 is 24.0 Å². The minimum Gasteiger partial charge on any atom is -0.379 e. The minimum atomic E-state index is 0. The molecule has 164 valence electrons. The number of hydrogen-bond acceptors (Lipinski definition) is 4. The van der Waals surface area contributed by atoms with Gasteiger partial charge in [-0.2, -0.15) is 0 Å². The third-order valence-corrected chi connectivity index (χ3v) is 6.42. The van der Waals surface area contributed by atoms with Gasteiger partial charge in [0.1, 0.15) is 0 Å². The quantitative estimate of drug-likeness (QED) is 0.249. The number of nitrogens with one attached hydrogen (secondary N) is 1. The van der Waals surface area contributed by atoms with Crippen molar-refractivity contribution >= 4 is 29.9 Å². The van der Waals surface area contributed by atoms with E-state index in [1.165, 1.54) is 51.6 Å². The fraction of sp³-hybridized carbons (Fsp3) is 0.952. The van der Waals surface area contributed by atoms with Crippen LogP contribution in [-0.4, -0.2) is 98.3 Å². The van der Waals surface area contributed by atoms with E-state index < -0.39 is 0 Å². The Kier molecular flexibility index (Phi) is 11.4. The first-order valence-electron chi connectivity index (χ1n) is 11.4. The van der Waals surface area contributed by atoms with Gasteiger partial charge in [0.25, 0.3) is 0 Å². The molecule has 0 aliphatic carbocycles. The second kappa shape index (κ2) is 13.2. The van der Waals surface area contributed by atoms with Gasteiger partial charge in [-0.25, -0.2) is 0 Å². The highest BCUT2D eigenvalue weighted by Crippen LogP contribution is 2.18. The highest BCUT2D eigenvalue weighted by molar-refractivity contribution is 14.0. The van der Waals surface area contributed by atoms with Crippen LogP contribution in [0.1, 0.15) is 52.4 Å². The van der Waals surface area contributed by atoms with Crippen LogP contribution in [0.4, 0.5) is 0 Å². The van der Waals surface area contributed by atoms with Crippen LogP contribution in [-0.2, 0) is 4.74 Å². The Hall–Kier alpha value is -0.120. The van der Waals surface area contributed by atoms with Gasteiger partial charge in [0, 0.05) is 51.4 Å². The molecule has 2 atom stereocenters. The van der Waals surface area contributed by atoms with Gasteiger partial charge in [-0.15, -0.1) is 24.0 Å². The van der Waals surface area contributed by atoms with Crippen LogP contribution in [0.3, 0.4) is 0 Å². The monoisotopic (exact) mass is 507 g/mol. The lowest BCUT2D eigenvalue weighted by Gasteiger charge is -2.33. The molecule has 0 amide bonds. The van der Waals surface area contributed by atoms with Crippen LogP contribution in [0.5, 0.6) is 0 Å². The fourth-order valence-electron chi connectivity index (χ4n) is 4.70. The second-order valence-corrected chi connectivity index (χ2v) is 8.36. The number of aliphatic imine (C=N–C) groups is 1. The number of halogens is 1. The number of hydrogen-bond donors (Lipinski definition) is 1. The smallest absolute Gasteiger partial charge is 0.193 e. The zero-order chi connectivity index (χ0) is 18.9. The molecule has 3 aliphatic rings. The lowest BCUT2D eigenvalue weighted by Crippen LogP contribution is -2.46. The summed E-state index contributed by atoms with van der Waals surface area (Å²) < 4.78 is 5.50. The van der Waals surface area contributed by atoms with E-state index in [1.807, 2.05) is 0 Å². The van der Waals surface area contributed by atoms with Gasteiger partial charge in [-0.05, 0) is 59.0 Å². The van der Waals surface area contributed by atoms with E-state index in [0.29, 0.717) is 6.04 Å². The number of likely N-dealkylation sites (tertiary alicyclic amines) is 2. The summed E-state index contributed by atoms with van der Waals surface area (Å²) in [7, 11) is 0. The van der Waals surface area contributed by atoms with Crippen molar-refractivity contribution in [1.82, 2.24) is 20.0 Å². The number of nitrogens with zero attached hydrogens (tertiary/aromatic N) is 4. The molecule has 0 aromatic heterocycles. The maximum atomic E-state index is 5.50. The molecule has 0 bridgehead atoms. The van der Waals surface area contributed by atoms with Gasteiger partial charge in [0.05, 0.1) is 13.2 Å². The third-order valence-electron chi connectivity index (χ3n) is 6.42. The molecular formula is C21H42IN5O. The van der Waals surface area contributed by atoms with Crippen LogP contribution in [0.15, 0.2) is 4.99 Å². The van der Waals surface area contributed by atoms with Gasteiger partial charge in [0.15, 0.2) is 5.96 Å². The maximum absolute atomic E-state index is 5.50. The highest BCUT2D eigenvalue weighted by atomic mass is 127. The summed E-state index contributed by atoms with van der Waals surface area (Å²) in [5, 5.41) is 3.52. The van der Waals surface area contributed by atoms with E-state index in [0.717, 1.165) is 64.5 Å². The summed E-state index contributed by atoms with van der Waals surface area (Å²) in [6.07, 6.45) is 7.88. The molecule has 3 saturated heterocycles. The SMILES string of the molecule is CCNC(=NCCCCN1CCCCC1C)N1CCC(N2CCOCC2)C1.I. The molecule has 3 rings (SSSR count). The number of ether oxygens (including phenoxy) is 1. The van der Waals surface area contributed by atoms with Crippen molar-refractivity contribution in [1.29, 1.82) is 0 Å². The fourth-order valence-corrected chi connectivity index (χ4v) is 4.70. The van der Waals surface area contributed by atoms with Crippen LogP contribution in [0, 0.1) is 0 Å². The second-order valence-electron chi connectivity index (χ2n) is 8.36. The molecule has 3 aliphatic heterocycles. The first-order valence-corrected chi connectivity index (χ1v) is 11.4. The number of morpholine rings is 1. The molecular weight excluding hydrogens is 465 g/mol. The number of rotatable bonds is 7. The summed E-state index contributed by atoms with van der Waals surface area (Å²) in [5.41, 5.74) is 0. The molecule has 28 heavy (non-hydrogen) atoms. The van der Waals surface area contributed by atoms with E-state index in [4.69, 9.17) is 9.73 Å². The Balaban J connectivity index is 0.00000280. The van der Waals surface area contributed by atoms with E-state index >= 15 is 0 Å². The van der Waals surface area contributed by atoms with Gasteiger partial charge in [-0.1, -0.05) is 6.42 Å². The van der Waals surface area contributed by atoms with Crippen molar-refractivity contribution < 1.29 is 4.74 Å². The van der Waals surface area contributed by atoms with Crippen molar-refractivity contribution in [2.45, 2.75) is 64.5 Å². The lowest BCUT2D eigenvalue weighted by atomic mass is 10.0. The van der Waals surface area contributed by atoms with Crippen LogP contribution in [0.2, 0.25) is 0 Å². The lowest BCUT2D eigenvalue weighted by molar-refractivity contribution is 0.0195. The molecule has 0 radical (unpaired) electrons. The van der Waals surface area contributed by atoms with Crippen molar-refractivity contribution in [2.75, 3.05) is 65.6 Å². The normalized spacial score (nSPS) is 27.6. The first-order chi connectivity index (χ1) is 13.3. The van der Waals surface area contributed by atoms with Crippen molar-refractivity contribution in [3.8, 4) is 0 Å². The molecule has 7 heteroatoms. The molecule has 0 saturated carbocycles. The Labute approximate surface area is 189 Å². The van der Waals surface area contributed by atoms with Crippen molar-refractivity contribution in [3.05, 3.63) is 0 Å². The molecule has 0 spiro atoms. The van der Waals surface area contributed by atoms with Crippen molar-refractivity contribution in [2.24, 2.45) is 4.99 Å². The summed E-state index contributed by atoms with van der Waals surface area (Å²) in [6.45, 7) is 15.2. The molecule has 6 nitrogen and oxygen atoms in total. The molecule has 0 aromatic rings. The predicted molar refractivity (Wildman–Crippen MR) is 128 cm³/mol. The molecule has 3 heterocycles. The minimum absolute atomic E-state index is 0. The maximum Gasteiger partial charge on any atom is 0.193 e. The topological polar surface area (TPSA) is 43.3 Å². The zero-order valence-corrected chi connectivity index (χ0v) is 20.4. The summed E-state index contributed by atoms with van der Waals surface area (Å²) in [6, 6.07) is 1.44. The Morgan fingerprint density at radius 3 is 2.64 bits per heavy atom. The van der Waals surface area contributed by atoms with E-state index in [9.17, 15) is 0 Å². The van der Waals surface area contributed by atoms with Gasteiger partial charge < -0.3 is 19.9 Å². The molecule has 2 unspecified atom stereocenters. The average molecular weight is 508 g/mol. The molecule has 0 aromatic carbocycles. The standard InChI is InChI=1S/C21H41N5O.HI/c1-3-22-21(23-10-5-7-12-24-11-6-4-8-19(24)2)26-13-9-20(18-26)25-14-16-27-17-15-25;/h19-20H,3-18H2,1-2H3,(H,22,23);1H. The van der Waals surface area contributed by atoms with Crippen molar-refractivity contribution in [3.63, 3.8) is 0 Å². The predicted octanol–water partition coefficient (Wildman–Crippen LogP) is 2.63. The number of unbranched alkanes of at least 4 members (excludes halogenated alkanes) is 1. The molecule has 1 N–H and O–H groups in total. The Morgan fingerprint density at radius 2 is 1.89 bits per heavy atom. The van der Waals surface area contributed by atoms with Gasteiger partial charge in [0.2, 0.25) is 0 Å². The molecule has 3 fully saturated rings. The first kappa shape index (κ1) is 24.2. The largest absolute Gasteiger partial charge is 0.379 e. The third kappa shape index (κ3) is 7.29. The summed E-state index contributed by atoms with van der Waals surface area (Å²) in [5.74, 6) is 1.12. The highest BCUT2D eigenvalue weighted by Gasteiger charge is 2.30. The number of guanidine groups is 1.